The number of phenolic OH excluding ortho intramolecular Hbond substituents is 1. The van der Waals surface area contributed by atoms with Gasteiger partial charge in [-0.3, -0.25) is 14.6 Å². The molecule has 0 radical (unpaired) electrons. The minimum Gasteiger partial charge on any atom is -0.507 e. The fourth-order valence-corrected chi connectivity index (χ4v) is 1.69. The lowest BCUT2D eigenvalue weighted by molar-refractivity contribution is 0.0890. The number of para-hydroxylation sites is 1. The molecule has 0 saturated heterocycles. The quantitative estimate of drug-likeness (QED) is 0.688. The number of carbonyl (C=O) groups excluding carboxylic acids is 2. The number of aromatic nitrogens is 1. The first-order valence-corrected chi connectivity index (χ1v) is 5.91. The van der Waals surface area contributed by atoms with Gasteiger partial charge in [-0.15, -0.1) is 0 Å². The fraction of sp³-hybridized carbons (Fsp3) is 0.0714. The van der Waals surface area contributed by atoms with Crippen LogP contribution in [0, 0.1) is 0 Å². The Morgan fingerprint density at radius 3 is 2.47 bits per heavy atom. The number of halogens is 1. The molecule has 2 rings (SSSR count). The number of hydrogen-bond acceptors (Lipinski definition) is 4. The molecular weight excluding hydrogens is 266 g/mol. The molecule has 0 fully saturated rings. The van der Waals surface area contributed by atoms with Gasteiger partial charge in [0.1, 0.15) is 11.4 Å². The number of carbonyl (C=O) groups is 2. The highest BCUT2D eigenvalue weighted by Gasteiger charge is 2.16. The Labute approximate surface area is 114 Å². The highest BCUT2D eigenvalue weighted by Crippen LogP contribution is 2.18. The summed E-state index contributed by atoms with van der Waals surface area (Å²) in [6.07, 6.45) is 1.01. The molecule has 0 unspecified atom stereocenters. The summed E-state index contributed by atoms with van der Waals surface area (Å²) in [5, 5.41) is 9.96. The predicted octanol–water partition coefficient (Wildman–Crippen LogP) is 2.90. The summed E-state index contributed by atoms with van der Waals surface area (Å²) in [5.41, 5.74) is 0.304. The van der Waals surface area contributed by atoms with Crippen LogP contribution in [0.4, 0.5) is 0 Å². The third-order valence-corrected chi connectivity index (χ3v) is 2.76. The van der Waals surface area contributed by atoms with Crippen LogP contribution in [0.3, 0.4) is 0 Å². The molecule has 4 nitrogen and oxygen atoms in total. The predicted molar refractivity (Wildman–Crippen MR) is 70.6 cm³/mol. The maximum absolute atomic E-state index is 11.9. The van der Waals surface area contributed by atoms with Gasteiger partial charge in [-0.2, -0.15) is 0 Å². The molecule has 0 amide bonds. The standard InChI is InChI=1S/C14H10ClNO3/c15-9-5-6-11(16-8-9)14(19)7-13(18)10-3-1-2-4-12(10)17/h1-6,8,17H,7H2. The van der Waals surface area contributed by atoms with Gasteiger partial charge >= 0.3 is 0 Å². The molecule has 0 bridgehead atoms. The number of nitrogens with zero attached hydrogens (tertiary/aromatic N) is 1. The molecule has 0 saturated carbocycles. The average Bonchev–Trinajstić information content (AvgIpc) is 2.39. The van der Waals surface area contributed by atoms with E-state index in [0.29, 0.717) is 5.02 Å². The number of aromatic hydroxyl groups is 1. The number of hydrogen-bond donors (Lipinski definition) is 1. The van der Waals surface area contributed by atoms with Crippen molar-refractivity contribution >= 4 is 23.2 Å². The summed E-state index contributed by atoms with van der Waals surface area (Å²) in [6, 6.07) is 9.10. The van der Waals surface area contributed by atoms with Crippen molar-refractivity contribution in [3.05, 3.63) is 58.9 Å². The second-order valence-electron chi connectivity index (χ2n) is 3.90. The Balaban J connectivity index is 2.13. The summed E-state index contributed by atoms with van der Waals surface area (Å²) in [4.78, 5) is 27.6. The van der Waals surface area contributed by atoms with E-state index in [9.17, 15) is 14.7 Å². The van der Waals surface area contributed by atoms with Crippen LogP contribution in [0.5, 0.6) is 5.75 Å². The number of benzene rings is 1. The van der Waals surface area contributed by atoms with E-state index in [2.05, 4.69) is 4.98 Å². The molecule has 5 heteroatoms. The fourth-order valence-electron chi connectivity index (χ4n) is 1.58. The van der Waals surface area contributed by atoms with Gasteiger partial charge in [-0.1, -0.05) is 23.7 Å². The maximum atomic E-state index is 11.9. The van der Waals surface area contributed by atoms with Crippen molar-refractivity contribution in [3.63, 3.8) is 0 Å². The Kier molecular flexibility index (Phi) is 3.92. The number of Topliss-reactive ketones (excluding diaryl/α,β-unsaturated/α-hetero) is 2. The Morgan fingerprint density at radius 2 is 1.84 bits per heavy atom. The lowest BCUT2D eigenvalue weighted by atomic mass is 10.0. The molecule has 2 aromatic rings. The van der Waals surface area contributed by atoms with Crippen LogP contribution >= 0.6 is 11.6 Å². The van der Waals surface area contributed by atoms with Gasteiger partial charge in [0.05, 0.1) is 17.0 Å². The van der Waals surface area contributed by atoms with E-state index in [1.54, 1.807) is 12.1 Å². The summed E-state index contributed by atoms with van der Waals surface area (Å²) in [7, 11) is 0. The number of phenols is 1. The van der Waals surface area contributed by atoms with Crippen molar-refractivity contribution < 1.29 is 14.7 Å². The second-order valence-corrected chi connectivity index (χ2v) is 4.34. The first-order chi connectivity index (χ1) is 9.08. The molecule has 0 aliphatic rings. The van der Waals surface area contributed by atoms with Gasteiger partial charge < -0.3 is 5.11 Å². The number of rotatable bonds is 4. The molecule has 0 aliphatic heterocycles. The largest absolute Gasteiger partial charge is 0.507 e. The molecule has 1 aromatic heterocycles. The van der Waals surface area contributed by atoms with Crippen LogP contribution < -0.4 is 0 Å². The van der Waals surface area contributed by atoms with E-state index in [1.807, 2.05) is 0 Å². The van der Waals surface area contributed by atoms with Crippen LogP contribution in [0.25, 0.3) is 0 Å². The van der Waals surface area contributed by atoms with Crippen LogP contribution in [0.2, 0.25) is 5.02 Å². The van der Waals surface area contributed by atoms with Crippen molar-refractivity contribution in [1.82, 2.24) is 4.98 Å². The second kappa shape index (κ2) is 5.63. The SMILES string of the molecule is O=C(CC(=O)c1ccccc1O)c1ccc(Cl)cn1. The van der Waals surface area contributed by atoms with Crippen LogP contribution in [0.1, 0.15) is 27.3 Å². The first kappa shape index (κ1) is 13.2. The van der Waals surface area contributed by atoms with E-state index in [0.717, 1.165) is 0 Å². The molecule has 0 aliphatic carbocycles. The van der Waals surface area contributed by atoms with E-state index < -0.39 is 11.6 Å². The summed E-state index contributed by atoms with van der Waals surface area (Å²) >= 11 is 5.66. The van der Waals surface area contributed by atoms with Gasteiger partial charge in [-0.25, -0.2) is 0 Å². The third-order valence-electron chi connectivity index (χ3n) is 2.54. The van der Waals surface area contributed by atoms with E-state index in [-0.39, 0.29) is 23.4 Å². The van der Waals surface area contributed by atoms with Gasteiger partial charge in [-0.05, 0) is 24.3 Å². The van der Waals surface area contributed by atoms with Crippen molar-refractivity contribution in [1.29, 1.82) is 0 Å². The number of pyridine rings is 1. The molecule has 1 N–H and O–H groups in total. The highest BCUT2D eigenvalue weighted by atomic mass is 35.5. The van der Waals surface area contributed by atoms with Crippen LogP contribution in [-0.4, -0.2) is 21.7 Å². The van der Waals surface area contributed by atoms with Crippen LogP contribution in [0.15, 0.2) is 42.6 Å². The lowest BCUT2D eigenvalue weighted by Gasteiger charge is -2.03. The molecular formula is C14H10ClNO3. The molecule has 0 atom stereocenters. The van der Waals surface area contributed by atoms with E-state index >= 15 is 0 Å². The van der Waals surface area contributed by atoms with E-state index in [1.165, 1.54) is 30.5 Å². The third kappa shape index (κ3) is 3.17. The first-order valence-electron chi connectivity index (χ1n) is 5.54. The highest BCUT2D eigenvalue weighted by molar-refractivity contribution is 6.30. The molecule has 0 spiro atoms. The maximum Gasteiger partial charge on any atom is 0.188 e. The summed E-state index contributed by atoms with van der Waals surface area (Å²) in [6.45, 7) is 0. The molecule has 1 aromatic carbocycles. The monoisotopic (exact) mass is 275 g/mol. The number of ketones is 2. The molecule has 96 valence electrons. The zero-order valence-electron chi connectivity index (χ0n) is 9.84. The van der Waals surface area contributed by atoms with Crippen molar-refractivity contribution in [3.8, 4) is 5.75 Å². The zero-order chi connectivity index (χ0) is 13.8. The van der Waals surface area contributed by atoms with E-state index in [4.69, 9.17) is 11.6 Å². The summed E-state index contributed by atoms with van der Waals surface area (Å²) < 4.78 is 0. The molecule has 1 heterocycles. The average molecular weight is 276 g/mol. The Morgan fingerprint density at radius 1 is 1.11 bits per heavy atom. The van der Waals surface area contributed by atoms with Crippen molar-refractivity contribution in [2.75, 3.05) is 0 Å². The zero-order valence-corrected chi connectivity index (χ0v) is 10.6. The van der Waals surface area contributed by atoms with Gasteiger partial charge in [0.15, 0.2) is 11.6 Å². The van der Waals surface area contributed by atoms with Crippen molar-refractivity contribution in [2.45, 2.75) is 6.42 Å². The normalized spacial score (nSPS) is 10.2. The molecule has 19 heavy (non-hydrogen) atoms. The van der Waals surface area contributed by atoms with Gasteiger partial charge in [0.2, 0.25) is 0 Å². The van der Waals surface area contributed by atoms with Gasteiger partial charge in [0.25, 0.3) is 0 Å². The topological polar surface area (TPSA) is 67.3 Å². The van der Waals surface area contributed by atoms with Crippen molar-refractivity contribution in [2.24, 2.45) is 0 Å². The minimum absolute atomic E-state index is 0.129. The Hall–Kier alpha value is -2.20. The minimum atomic E-state index is -0.445. The smallest absolute Gasteiger partial charge is 0.188 e. The summed E-state index contributed by atoms with van der Waals surface area (Å²) in [5.74, 6) is -0.992. The van der Waals surface area contributed by atoms with Crippen LogP contribution in [-0.2, 0) is 0 Å². The Bertz CT molecular complexity index is 623. The lowest BCUT2D eigenvalue weighted by Crippen LogP contribution is -2.10. The van der Waals surface area contributed by atoms with Gasteiger partial charge in [0, 0.05) is 6.20 Å².